The molecule has 6 heteroatoms. The highest BCUT2D eigenvalue weighted by molar-refractivity contribution is 9.10. The number of nitrogens with zero attached hydrogens (tertiary/aromatic N) is 3. The molecule has 1 aromatic carbocycles. The SMILES string of the molecule is C/C(=C\c1c(Br)ccnc1C)CN1CC=C(c2c(C)cc(C(=O)N(C)C)cc2F)CC1.CC. The molecule has 0 saturated carbocycles. The molecule has 0 fully saturated rings. The molecule has 2 aromatic rings. The van der Waals surface area contributed by atoms with Gasteiger partial charge in [0, 0.05) is 66.8 Å². The second-order valence-corrected chi connectivity index (χ2v) is 9.20. The lowest BCUT2D eigenvalue weighted by Gasteiger charge is -2.27. The Labute approximate surface area is 206 Å². The third-order valence-electron chi connectivity index (χ3n) is 5.55. The predicted octanol–water partition coefficient (Wildman–Crippen LogP) is 6.52. The van der Waals surface area contributed by atoms with Crippen molar-refractivity contribution in [1.29, 1.82) is 0 Å². The van der Waals surface area contributed by atoms with Gasteiger partial charge in [-0.25, -0.2) is 4.39 Å². The molecule has 0 unspecified atom stereocenters. The fraction of sp³-hybridized carbons (Fsp3) is 0.407. The average Bonchev–Trinajstić information content (AvgIpc) is 2.78. The van der Waals surface area contributed by atoms with Gasteiger partial charge in [0.25, 0.3) is 5.91 Å². The second-order valence-electron chi connectivity index (χ2n) is 8.35. The van der Waals surface area contributed by atoms with Gasteiger partial charge < -0.3 is 4.90 Å². The highest BCUT2D eigenvalue weighted by Gasteiger charge is 2.20. The number of hydrogen-bond acceptors (Lipinski definition) is 3. The Morgan fingerprint density at radius 1 is 1.27 bits per heavy atom. The maximum Gasteiger partial charge on any atom is 0.253 e. The summed E-state index contributed by atoms with van der Waals surface area (Å²) >= 11 is 3.60. The quantitative estimate of drug-likeness (QED) is 0.454. The minimum Gasteiger partial charge on any atom is -0.345 e. The maximum atomic E-state index is 14.9. The number of carbonyl (C=O) groups excluding carboxylic acids is 1. The molecule has 33 heavy (non-hydrogen) atoms. The van der Waals surface area contributed by atoms with Gasteiger partial charge in [0.05, 0.1) is 0 Å². The molecule has 4 nitrogen and oxygen atoms in total. The van der Waals surface area contributed by atoms with Crippen molar-refractivity contribution in [2.24, 2.45) is 0 Å². The third kappa shape index (κ3) is 6.84. The summed E-state index contributed by atoms with van der Waals surface area (Å²) in [7, 11) is 3.35. The summed E-state index contributed by atoms with van der Waals surface area (Å²) in [5.74, 6) is -0.506. The van der Waals surface area contributed by atoms with Crippen LogP contribution in [0, 0.1) is 19.7 Å². The van der Waals surface area contributed by atoms with Gasteiger partial charge in [0.15, 0.2) is 0 Å². The van der Waals surface area contributed by atoms with E-state index in [1.165, 1.54) is 16.5 Å². The van der Waals surface area contributed by atoms with Gasteiger partial charge in [-0.1, -0.05) is 47.5 Å². The lowest BCUT2D eigenvalue weighted by Crippen LogP contribution is -2.30. The first-order valence-corrected chi connectivity index (χ1v) is 12.2. The van der Waals surface area contributed by atoms with Crippen molar-refractivity contribution < 1.29 is 9.18 Å². The van der Waals surface area contributed by atoms with Gasteiger partial charge in [-0.2, -0.15) is 0 Å². The van der Waals surface area contributed by atoms with E-state index in [0.717, 1.165) is 52.9 Å². The van der Waals surface area contributed by atoms with E-state index < -0.39 is 0 Å². The molecule has 0 saturated heterocycles. The number of rotatable bonds is 5. The molecule has 3 rings (SSSR count). The van der Waals surface area contributed by atoms with Gasteiger partial charge in [-0.15, -0.1) is 0 Å². The first-order valence-electron chi connectivity index (χ1n) is 11.4. The zero-order valence-electron chi connectivity index (χ0n) is 20.8. The van der Waals surface area contributed by atoms with Crippen LogP contribution in [0.15, 0.2) is 40.5 Å². The zero-order valence-corrected chi connectivity index (χ0v) is 22.4. The normalized spacial score (nSPS) is 14.3. The van der Waals surface area contributed by atoms with Crippen LogP contribution in [0.1, 0.15) is 59.9 Å². The topological polar surface area (TPSA) is 36.4 Å². The Hall–Kier alpha value is -2.31. The Morgan fingerprint density at radius 3 is 2.52 bits per heavy atom. The van der Waals surface area contributed by atoms with Crippen molar-refractivity contribution in [1.82, 2.24) is 14.8 Å². The van der Waals surface area contributed by atoms with Crippen LogP contribution in [0.3, 0.4) is 0 Å². The molecule has 178 valence electrons. The smallest absolute Gasteiger partial charge is 0.253 e. The summed E-state index contributed by atoms with van der Waals surface area (Å²) in [5.41, 5.74) is 6.20. The molecule has 0 atom stereocenters. The van der Waals surface area contributed by atoms with Crippen molar-refractivity contribution >= 4 is 33.5 Å². The zero-order chi connectivity index (χ0) is 24.7. The first kappa shape index (κ1) is 26.9. The highest BCUT2D eigenvalue weighted by atomic mass is 79.9. The third-order valence-corrected chi connectivity index (χ3v) is 6.25. The number of aromatic nitrogens is 1. The molecule has 1 amide bonds. The van der Waals surface area contributed by atoms with Crippen LogP contribution in [-0.2, 0) is 0 Å². The lowest BCUT2D eigenvalue weighted by atomic mass is 9.93. The van der Waals surface area contributed by atoms with Gasteiger partial charge in [0.1, 0.15) is 5.82 Å². The van der Waals surface area contributed by atoms with E-state index in [4.69, 9.17) is 0 Å². The molecule has 1 aliphatic heterocycles. The van der Waals surface area contributed by atoms with Crippen LogP contribution in [0.2, 0.25) is 0 Å². The summed E-state index contributed by atoms with van der Waals surface area (Å²) < 4.78 is 15.9. The average molecular weight is 516 g/mol. The van der Waals surface area contributed by atoms with E-state index in [2.05, 4.69) is 44.9 Å². The largest absolute Gasteiger partial charge is 0.345 e. The number of hydrogen-bond donors (Lipinski definition) is 0. The highest BCUT2D eigenvalue weighted by Crippen LogP contribution is 2.29. The van der Waals surface area contributed by atoms with E-state index in [1.54, 1.807) is 26.4 Å². The predicted molar refractivity (Wildman–Crippen MR) is 140 cm³/mol. The second kappa shape index (κ2) is 12.2. The van der Waals surface area contributed by atoms with Crippen LogP contribution in [0.4, 0.5) is 4.39 Å². The number of pyridine rings is 1. The summed E-state index contributed by atoms with van der Waals surface area (Å²) in [6.45, 7) is 12.5. The molecule has 0 bridgehead atoms. The minimum absolute atomic E-state index is 0.185. The minimum atomic E-state index is -0.321. The number of aryl methyl sites for hydroxylation is 2. The van der Waals surface area contributed by atoms with E-state index in [1.807, 2.05) is 33.8 Å². The summed E-state index contributed by atoms with van der Waals surface area (Å²) in [6.07, 6.45) is 6.87. The number of carbonyl (C=O) groups is 1. The van der Waals surface area contributed by atoms with Crippen LogP contribution >= 0.6 is 15.9 Å². The molecular formula is C27H35BrFN3O. The monoisotopic (exact) mass is 515 g/mol. The van der Waals surface area contributed by atoms with Crippen LogP contribution < -0.4 is 0 Å². The van der Waals surface area contributed by atoms with Crippen molar-refractivity contribution in [2.45, 2.75) is 41.0 Å². The molecule has 1 aromatic heterocycles. The standard InChI is InChI=1S/C25H29BrFN3O.C2H6/c1-16(12-21-18(3)28-9-6-22(21)26)15-30-10-7-19(8-11-30)24-17(2)13-20(14-23(24)27)25(31)29(4)5;1-2/h6-7,9,12-14H,8,10-11,15H2,1-5H3;1-2H3/b16-12+;. The molecule has 0 spiro atoms. The van der Waals surface area contributed by atoms with Crippen molar-refractivity contribution in [3.8, 4) is 0 Å². The number of amides is 1. The fourth-order valence-corrected chi connectivity index (χ4v) is 4.50. The summed E-state index contributed by atoms with van der Waals surface area (Å²) in [5, 5.41) is 0. The van der Waals surface area contributed by atoms with E-state index in [0.29, 0.717) is 11.1 Å². The number of benzene rings is 1. The molecular weight excluding hydrogens is 481 g/mol. The van der Waals surface area contributed by atoms with E-state index >= 15 is 0 Å². The van der Waals surface area contributed by atoms with Crippen molar-refractivity contribution in [3.63, 3.8) is 0 Å². The Bertz CT molecular complexity index is 1020. The van der Waals surface area contributed by atoms with Crippen LogP contribution in [0.25, 0.3) is 11.6 Å². The van der Waals surface area contributed by atoms with Crippen molar-refractivity contribution in [2.75, 3.05) is 33.7 Å². The van der Waals surface area contributed by atoms with Gasteiger partial charge in [-0.3, -0.25) is 14.7 Å². The van der Waals surface area contributed by atoms with Gasteiger partial charge in [0.2, 0.25) is 0 Å². The Morgan fingerprint density at radius 2 is 1.97 bits per heavy atom. The summed E-state index contributed by atoms with van der Waals surface area (Å²) in [4.78, 5) is 20.4. The Kier molecular flexibility index (Phi) is 9.99. The lowest BCUT2D eigenvalue weighted by molar-refractivity contribution is 0.0827. The molecule has 1 aliphatic rings. The van der Waals surface area contributed by atoms with Crippen LogP contribution in [0.5, 0.6) is 0 Å². The van der Waals surface area contributed by atoms with Crippen LogP contribution in [-0.4, -0.2) is 54.4 Å². The first-order chi connectivity index (χ1) is 15.7. The molecule has 0 aliphatic carbocycles. The summed E-state index contributed by atoms with van der Waals surface area (Å²) in [6, 6.07) is 5.10. The molecule has 0 radical (unpaired) electrons. The fourth-order valence-electron chi connectivity index (χ4n) is 3.98. The van der Waals surface area contributed by atoms with E-state index in [9.17, 15) is 9.18 Å². The number of halogens is 2. The van der Waals surface area contributed by atoms with Gasteiger partial charge in [-0.05, 0) is 56.5 Å². The van der Waals surface area contributed by atoms with Crippen molar-refractivity contribution in [3.05, 3.63) is 74.3 Å². The molecule has 2 heterocycles. The molecule has 0 N–H and O–H groups in total. The maximum absolute atomic E-state index is 14.9. The Balaban J connectivity index is 0.00000187. The van der Waals surface area contributed by atoms with Gasteiger partial charge >= 0.3 is 0 Å². The van der Waals surface area contributed by atoms with E-state index in [-0.39, 0.29) is 11.7 Å².